The van der Waals surface area contributed by atoms with Crippen LogP contribution in [0.2, 0.25) is 0 Å². The van der Waals surface area contributed by atoms with Crippen molar-refractivity contribution in [3.8, 4) is 0 Å². The molecule has 28 heavy (non-hydrogen) atoms. The van der Waals surface area contributed by atoms with Crippen LogP contribution in [0.5, 0.6) is 0 Å². The van der Waals surface area contributed by atoms with E-state index < -0.39 is 9.84 Å². The van der Waals surface area contributed by atoms with Crippen molar-refractivity contribution in [3.63, 3.8) is 0 Å². The molecule has 0 aromatic carbocycles. The number of rotatable bonds is 12. The molecule has 1 saturated carbocycles. The topological polar surface area (TPSA) is 76.9 Å². The first-order valence-electron chi connectivity index (χ1n) is 10.2. The van der Waals surface area contributed by atoms with Gasteiger partial charge in [-0.3, -0.25) is 4.90 Å². The van der Waals surface area contributed by atoms with Crippen LogP contribution in [0.15, 0.2) is 11.4 Å². The van der Waals surface area contributed by atoms with Crippen molar-refractivity contribution in [1.29, 1.82) is 0 Å². The Hall–Kier alpha value is -1.000. The third kappa shape index (κ3) is 6.25. The largest absolute Gasteiger partial charge is 0.383 e. The first kappa shape index (κ1) is 21.7. The molecule has 160 valence electrons. The Morgan fingerprint density at radius 3 is 2.71 bits per heavy atom. The van der Waals surface area contributed by atoms with Crippen molar-refractivity contribution in [1.82, 2.24) is 19.4 Å². The highest BCUT2D eigenvalue weighted by Crippen LogP contribution is 2.32. The zero-order valence-electron chi connectivity index (χ0n) is 17.2. The maximum atomic E-state index is 12.8. The van der Waals surface area contributed by atoms with Gasteiger partial charge < -0.3 is 18.9 Å². The van der Waals surface area contributed by atoms with Gasteiger partial charge in [0, 0.05) is 33.3 Å². The minimum absolute atomic E-state index is 0.202. The average molecular weight is 415 g/mol. The fourth-order valence-electron chi connectivity index (χ4n) is 3.60. The van der Waals surface area contributed by atoms with Crippen LogP contribution >= 0.6 is 0 Å². The third-order valence-corrected chi connectivity index (χ3v) is 7.19. The Balaban J connectivity index is 1.58. The van der Waals surface area contributed by atoms with Gasteiger partial charge in [0.1, 0.15) is 0 Å². The predicted octanol–water partition coefficient (Wildman–Crippen LogP) is 0.867. The van der Waals surface area contributed by atoms with Gasteiger partial charge in [0.25, 0.3) is 0 Å². The highest BCUT2D eigenvalue weighted by molar-refractivity contribution is 7.91. The van der Waals surface area contributed by atoms with E-state index in [1.165, 1.54) is 0 Å². The van der Waals surface area contributed by atoms with Gasteiger partial charge in [0.15, 0.2) is 0 Å². The second-order valence-electron chi connectivity index (χ2n) is 7.95. The van der Waals surface area contributed by atoms with E-state index in [0.29, 0.717) is 25.6 Å². The van der Waals surface area contributed by atoms with Gasteiger partial charge in [-0.05, 0) is 45.3 Å². The standard InChI is InChI=1S/C19H34N4O4S/c1-21(6-3-7-22-8-12-27-13-9-22)15-18-14-20-19(23(18)10-11-26-2)28(24,25)16-17-4-5-17/h14,17H,3-13,15-16H2,1-2H3. The van der Waals surface area contributed by atoms with Crippen LogP contribution in [0.3, 0.4) is 0 Å². The predicted molar refractivity (Wildman–Crippen MR) is 107 cm³/mol. The minimum Gasteiger partial charge on any atom is -0.383 e. The zero-order valence-corrected chi connectivity index (χ0v) is 18.0. The summed E-state index contributed by atoms with van der Waals surface area (Å²) >= 11 is 0. The first-order chi connectivity index (χ1) is 13.5. The molecule has 2 aliphatic rings. The lowest BCUT2D eigenvalue weighted by Gasteiger charge is -2.27. The van der Waals surface area contributed by atoms with Gasteiger partial charge in [0.05, 0.1) is 37.5 Å². The molecule has 0 bridgehead atoms. The van der Waals surface area contributed by atoms with Gasteiger partial charge >= 0.3 is 0 Å². The van der Waals surface area contributed by atoms with Crippen molar-refractivity contribution in [2.45, 2.75) is 37.5 Å². The van der Waals surface area contributed by atoms with E-state index in [0.717, 1.165) is 64.3 Å². The van der Waals surface area contributed by atoms with E-state index in [1.54, 1.807) is 13.3 Å². The van der Waals surface area contributed by atoms with Crippen molar-refractivity contribution < 1.29 is 17.9 Å². The molecule has 8 nitrogen and oxygen atoms in total. The fourth-order valence-corrected chi connectivity index (χ4v) is 5.46. The van der Waals surface area contributed by atoms with E-state index in [4.69, 9.17) is 9.47 Å². The second-order valence-corrected chi connectivity index (χ2v) is 9.87. The third-order valence-electron chi connectivity index (χ3n) is 5.40. The second kappa shape index (κ2) is 10.2. The van der Waals surface area contributed by atoms with E-state index in [-0.39, 0.29) is 10.9 Å². The van der Waals surface area contributed by atoms with Gasteiger partial charge in [0.2, 0.25) is 15.0 Å². The summed E-state index contributed by atoms with van der Waals surface area (Å²) in [5.74, 6) is 0.523. The highest BCUT2D eigenvalue weighted by atomic mass is 32.2. The lowest BCUT2D eigenvalue weighted by atomic mass is 10.3. The lowest BCUT2D eigenvalue weighted by molar-refractivity contribution is 0.0363. The average Bonchev–Trinajstić information content (AvgIpc) is 3.38. The number of methoxy groups -OCH3 is 1. The summed E-state index contributed by atoms with van der Waals surface area (Å²) < 4.78 is 37.9. The number of sulfone groups is 1. The molecule has 0 N–H and O–H groups in total. The summed E-state index contributed by atoms with van der Waals surface area (Å²) in [6.45, 7) is 7.35. The minimum atomic E-state index is -3.35. The summed E-state index contributed by atoms with van der Waals surface area (Å²) in [6.07, 6.45) is 4.82. The van der Waals surface area contributed by atoms with Crippen molar-refractivity contribution >= 4 is 9.84 Å². The summed E-state index contributed by atoms with van der Waals surface area (Å²) in [5, 5.41) is 0.202. The number of hydrogen-bond acceptors (Lipinski definition) is 7. The Bertz CT molecular complexity index is 712. The Labute approximate surface area is 168 Å². The molecule has 9 heteroatoms. The summed E-state index contributed by atoms with van der Waals surface area (Å²) in [4.78, 5) is 8.97. The number of nitrogens with zero attached hydrogens (tertiary/aromatic N) is 4. The molecule has 1 aromatic heterocycles. The quantitative estimate of drug-likeness (QED) is 0.502. The molecule has 0 spiro atoms. The Kier molecular flexibility index (Phi) is 7.87. The summed E-state index contributed by atoms with van der Waals surface area (Å²) in [7, 11) is 0.361. The summed E-state index contributed by atoms with van der Waals surface area (Å²) in [5.41, 5.74) is 0.931. The van der Waals surface area contributed by atoms with E-state index in [9.17, 15) is 8.42 Å². The summed E-state index contributed by atoms with van der Waals surface area (Å²) in [6, 6.07) is 0. The lowest BCUT2D eigenvalue weighted by Crippen LogP contribution is -2.37. The smallest absolute Gasteiger partial charge is 0.227 e. The van der Waals surface area contributed by atoms with Crippen LogP contribution in [-0.4, -0.2) is 93.7 Å². The molecular formula is C19H34N4O4S. The van der Waals surface area contributed by atoms with Crippen LogP contribution < -0.4 is 0 Å². The van der Waals surface area contributed by atoms with E-state index >= 15 is 0 Å². The number of ether oxygens (including phenoxy) is 2. The van der Waals surface area contributed by atoms with Crippen molar-refractivity contribution in [3.05, 3.63) is 11.9 Å². The maximum absolute atomic E-state index is 12.8. The molecule has 0 atom stereocenters. The van der Waals surface area contributed by atoms with Crippen molar-refractivity contribution in [2.75, 3.05) is 65.9 Å². The van der Waals surface area contributed by atoms with Crippen LogP contribution in [0.25, 0.3) is 0 Å². The monoisotopic (exact) mass is 414 g/mol. The first-order valence-corrected chi connectivity index (χ1v) is 11.9. The number of imidazole rings is 1. The van der Waals surface area contributed by atoms with Crippen LogP contribution in [0.1, 0.15) is 25.0 Å². The molecule has 1 saturated heterocycles. The Morgan fingerprint density at radius 2 is 2.04 bits per heavy atom. The van der Waals surface area contributed by atoms with Gasteiger partial charge in [-0.2, -0.15) is 0 Å². The van der Waals surface area contributed by atoms with Gasteiger partial charge in [-0.1, -0.05) is 0 Å². The molecule has 0 amide bonds. The molecule has 0 radical (unpaired) electrons. The number of aromatic nitrogens is 2. The Morgan fingerprint density at radius 1 is 1.29 bits per heavy atom. The van der Waals surface area contributed by atoms with E-state index in [2.05, 4.69) is 21.8 Å². The number of hydrogen-bond donors (Lipinski definition) is 0. The molecule has 2 fully saturated rings. The van der Waals surface area contributed by atoms with Crippen LogP contribution in [-0.2, 0) is 32.4 Å². The zero-order chi connectivity index (χ0) is 20.0. The molecular weight excluding hydrogens is 380 g/mol. The molecule has 1 aliphatic carbocycles. The molecule has 2 heterocycles. The molecule has 3 rings (SSSR count). The molecule has 1 aromatic rings. The van der Waals surface area contributed by atoms with Gasteiger partial charge in [-0.15, -0.1) is 0 Å². The van der Waals surface area contributed by atoms with Gasteiger partial charge in [-0.25, -0.2) is 13.4 Å². The van der Waals surface area contributed by atoms with Crippen molar-refractivity contribution in [2.24, 2.45) is 5.92 Å². The van der Waals surface area contributed by atoms with Crippen LogP contribution in [0, 0.1) is 5.92 Å². The maximum Gasteiger partial charge on any atom is 0.227 e. The van der Waals surface area contributed by atoms with E-state index in [1.807, 2.05) is 4.57 Å². The SMILES string of the molecule is COCCn1c(CN(C)CCCN2CCOCC2)cnc1S(=O)(=O)CC1CC1. The molecule has 1 aliphatic heterocycles. The number of morpholine rings is 1. The fraction of sp³-hybridized carbons (Fsp3) is 0.842. The highest BCUT2D eigenvalue weighted by Gasteiger charge is 2.32. The normalized spacial score (nSPS) is 18.8. The van der Waals surface area contributed by atoms with Crippen LogP contribution in [0.4, 0.5) is 0 Å². The molecule has 0 unspecified atom stereocenters.